The lowest BCUT2D eigenvalue weighted by molar-refractivity contribution is -0.384. The average Bonchev–Trinajstić information content (AvgIpc) is 2.41. The number of non-ortho nitro benzene ring substituents is 1. The van der Waals surface area contributed by atoms with E-state index in [2.05, 4.69) is 10.7 Å². The Labute approximate surface area is 114 Å². The summed E-state index contributed by atoms with van der Waals surface area (Å²) in [4.78, 5) is 10.3. The Balaban J connectivity index is 2.37. The van der Waals surface area contributed by atoms with Gasteiger partial charge in [0.25, 0.3) is 5.69 Å². The molecule has 0 aliphatic rings. The van der Waals surface area contributed by atoms with E-state index in [0.717, 1.165) is 0 Å². The second kappa shape index (κ2) is 5.55. The van der Waals surface area contributed by atoms with Gasteiger partial charge in [-0.1, -0.05) is 23.7 Å². The number of nitrogen functional groups attached to an aromatic ring is 1. The number of anilines is 3. The third kappa shape index (κ3) is 3.12. The molecule has 19 heavy (non-hydrogen) atoms. The highest BCUT2D eigenvalue weighted by atomic mass is 35.5. The van der Waals surface area contributed by atoms with Crippen molar-refractivity contribution in [2.24, 2.45) is 5.84 Å². The van der Waals surface area contributed by atoms with Crippen molar-refractivity contribution in [3.05, 3.63) is 57.6 Å². The highest BCUT2D eigenvalue weighted by molar-refractivity contribution is 6.33. The van der Waals surface area contributed by atoms with Crippen molar-refractivity contribution in [2.75, 3.05) is 10.7 Å². The lowest BCUT2D eigenvalue weighted by atomic mass is 10.2. The summed E-state index contributed by atoms with van der Waals surface area (Å²) >= 11 is 6.01. The molecule has 0 heterocycles. The van der Waals surface area contributed by atoms with Gasteiger partial charge < -0.3 is 10.7 Å². The second-order valence-corrected chi connectivity index (χ2v) is 4.18. The first-order valence-corrected chi connectivity index (χ1v) is 5.75. The Morgan fingerprint density at radius 1 is 1.16 bits per heavy atom. The van der Waals surface area contributed by atoms with Gasteiger partial charge in [0.2, 0.25) is 0 Å². The van der Waals surface area contributed by atoms with Crippen LogP contribution in [0.3, 0.4) is 0 Å². The molecule has 2 rings (SSSR count). The monoisotopic (exact) mass is 278 g/mol. The molecule has 0 unspecified atom stereocenters. The fourth-order valence-electron chi connectivity index (χ4n) is 1.59. The van der Waals surface area contributed by atoms with Crippen LogP contribution in [0.1, 0.15) is 0 Å². The van der Waals surface area contributed by atoms with Crippen molar-refractivity contribution in [1.82, 2.24) is 0 Å². The first-order valence-electron chi connectivity index (χ1n) is 5.38. The van der Waals surface area contributed by atoms with Crippen LogP contribution in [0.2, 0.25) is 5.02 Å². The number of nitrogens with one attached hydrogen (secondary N) is 2. The molecule has 0 aliphatic heterocycles. The number of nitro benzene ring substituents is 1. The molecule has 0 aliphatic carbocycles. The minimum atomic E-state index is -0.487. The SMILES string of the molecule is NNc1cc(Nc2ccccc2Cl)cc([N+](=O)[O-])c1. The van der Waals surface area contributed by atoms with Crippen molar-refractivity contribution < 1.29 is 4.92 Å². The van der Waals surface area contributed by atoms with Gasteiger partial charge in [-0.2, -0.15) is 0 Å². The van der Waals surface area contributed by atoms with Crippen LogP contribution in [0.25, 0.3) is 0 Å². The molecule has 7 heteroatoms. The minimum Gasteiger partial charge on any atom is -0.354 e. The summed E-state index contributed by atoms with van der Waals surface area (Å²) in [6, 6.07) is 11.5. The first kappa shape index (κ1) is 13.1. The molecule has 0 fully saturated rings. The van der Waals surface area contributed by atoms with Gasteiger partial charge in [-0.05, 0) is 18.2 Å². The molecule has 6 nitrogen and oxygen atoms in total. The predicted molar refractivity (Wildman–Crippen MR) is 75.6 cm³/mol. The Morgan fingerprint density at radius 2 is 1.84 bits per heavy atom. The number of nitro groups is 1. The quantitative estimate of drug-likeness (QED) is 0.453. The van der Waals surface area contributed by atoms with Crippen LogP contribution in [-0.2, 0) is 0 Å². The van der Waals surface area contributed by atoms with Crippen molar-refractivity contribution in [2.45, 2.75) is 0 Å². The summed E-state index contributed by atoms with van der Waals surface area (Å²) in [7, 11) is 0. The summed E-state index contributed by atoms with van der Waals surface area (Å²) in [5.74, 6) is 5.28. The maximum absolute atomic E-state index is 10.8. The van der Waals surface area contributed by atoms with Gasteiger partial charge in [0, 0.05) is 17.8 Å². The number of nitrogens with two attached hydrogens (primary N) is 1. The second-order valence-electron chi connectivity index (χ2n) is 3.77. The number of para-hydroxylation sites is 1. The Kier molecular flexibility index (Phi) is 3.84. The standard InChI is InChI=1S/C12H11ClN4O2/c13-11-3-1-2-4-12(11)15-8-5-9(16-14)7-10(6-8)17(18)19/h1-7,15-16H,14H2. The molecule has 0 amide bonds. The third-order valence-electron chi connectivity index (χ3n) is 2.45. The molecule has 0 bridgehead atoms. The molecule has 4 N–H and O–H groups in total. The number of nitrogens with zero attached hydrogens (tertiary/aromatic N) is 1. The maximum Gasteiger partial charge on any atom is 0.273 e. The van der Waals surface area contributed by atoms with E-state index in [9.17, 15) is 10.1 Å². The summed E-state index contributed by atoms with van der Waals surface area (Å²) in [6.07, 6.45) is 0. The number of halogens is 1. The van der Waals surface area contributed by atoms with Crippen LogP contribution < -0.4 is 16.6 Å². The highest BCUT2D eigenvalue weighted by Crippen LogP contribution is 2.29. The number of rotatable bonds is 4. The largest absolute Gasteiger partial charge is 0.354 e. The molecule has 0 aromatic heterocycles. The normalized spacial score (nSPS) is 10.0. The average molecular weight is 279 g/mol. The van der Waals surface area contributed by atoms with Gasteiger partial charge >= 0.3 is 0 Å². The van der Waals surface area contributed by atoms with E-state index in [1.54, 1.807) is 24.3 Å². The maximum atomic E-state index is 10.8. The zero-order chi connectivity index (χ0) is 13.8. The molecule has 98 valence electrons. The van der Waals surface area contributed by atoms with Crippen LogP contribution in [0.4, 0.5) is 22.7 Å². The summed E-state index contributed by atoms with van der Waals surface area (Å²) < 4.78 is 0. The van der Waals surface area contributed by atoms with Crippen molar-refractivity contribution in [3.8, 4) is 0 Å². The van der Waals surface area contributed by atoms with Crippen LogP contribution >= 0.6 is 11.6 Å². The molecule has 2 aromatic rings. The molecule has 0 saturated heterocycles. The van der Waals surface area contributed by atoms with Gasteiger partial charge in [-0.15, -0.1) is 0 Å². The topological polar surface area (TPSA) is 93.2 Å². The van der Waals surface area contributed by atoms with Gasteiger partial charge in [-0.3, -0.25) is 16.0 Å². The molecular formula is C12H11ClN4O2. The van der Waals surface area contributed by atoms with E-state index in [4.69, 9.17) is 17.4 Å². The number of hydrogen-bond donors (Lipinski definition) is 3. The molecule has 0 radical (unpaired) electrons. The van der Waals surface area contributed by atoms with E-state index >= 15 is 0 Å². The van der Waals surface area contributed by atoms with E-state index < -0.39 is 4.92 Å². The van der Waals surface area contributed by atoms with Crippen molar-refractivity contribution >= 4 is 34.4 Å². The number of hydrazine groups is 1. The molecule has 0 spiro atoms. The third-order valence-corrected chi connectivity index (χ3v) is 2.78. The summed E-state index contributed by atoms with van der Waals surface area (Å²) in [5.41, 5.74) is 3.94. The van der Waals surface area contributed by atoms with E-state index in [1.165, 1.54) is 12.1 Å². The predicted octanol–water partition coefficient (Wildman–Crippen LogP) is 3.28. The van der Waals surface area contributed by atoms with Crippen LogP contribution in [0.15, 0.2) is 42.5 Å². The van der Waals surface area contributed by atoms with Crippen LogP contribution in [0, 0.1) is 10.1 Å². The van der Waals surface area contributed by atoms with Gasteiger partial charge in [0.15, 0.2) is 0 Å². The molecule has 0 atom stereocenters. The fourth-order valence-corrected chi connectivity index (χ4v) is 1.77. The van der Waals surface area contributed by atoms with Gasteiger partial charge in [0.1, 0.15) is 0 Å². The van der Waals surface area contributed by atoms with Crippen LogP contribution in [0.5, 0.6) is 0 Å². The number of hydrogen-bond acceptors (Lipinski definition) is 5. The van der Waals surface area contributed by atoms with E-state index in [0.29, 0.717) is 22.1 Å². The van der Waals surface area contributed by atoms with Gasteiger partial charge in [0.05, 0.1) is 21.3 Å². The van der Waals surface area contributed by atoms with E-state index in [1.807, 2.05) is 6.07 Å². The van der Waals surface area contributed by atoms with Crippen molar-refractivity contribution in [3.63, 3.8) is 0 Å². The Hall–Kier alpha value is -2.31. The minimum absolute atomic E-state index is 0.0648. The van der Waals surface area contributed by atoms with Crippen LogP contribution in [-0.4, -0.2) is 4.92 Å². The lowest BCUT2D eigenvalue weighted by Crippen LogP contribution is -2.07. The summed E-state index contributed by atoms with van der Waals surface area (Å²) in [6.45, 7) is 0. The highest BCUT2D eigenvalue weighted by Gasteiger charge is 2.10. The Morgan fingerprint density at radius 3 is 2.47 bits per heavy atom. The van der Waals surface area contributed by atoms with E-state index in [-0.39, 0.29) is 5.69 Å². The smallest absolute Gasteiger partial charge is 0.273 e. The van der Waals surface area contributed by atoms with Crippen molar-refractivity contribution in [1.29, 1.82) is 0 Å². The first-order chi connectivity index (χ1) is 9.10. The molecule has 0 saturated carbocycles. The fraction of sp³-hybridized carbons (Fsp3) is 0. The van der Waals surface area contributed by atoms with Gasteiger partial charge in [-0.25, -0.2) is 0 Å². The zero-order valence-corrected chi connectivity index (χ0v) is 10.5. The summed E-state index contributed by atoms with van der Waals surface area (Å²) in [5, 5.41) is 14.4. The Bertz CT molecular complexity index is 618. The lowest BCUT2D eigenvalue weighted by Gasteiger charge is -2.09. The molecule has 2 aromatic carbocycles. The molecular weight excluding hydrogens is 268 g/mol. The number of benzene rings is 2. The zero-order valence-electron chi connectivity index (χ0n) is 9.76.